The van der Waals surface area contributed by atoms with Crippen LogP contribution in [0.15, 0.2) is 206 Å². The number of primary sulfonamides is 4. The normalized spacial score (nSPS) is 10.4. The standard InChI is InChI=1S/C18H19N5O2S.C12H14N2.2C6H6N3O2S.C6H8N2O2S.3CH4.H2O.Zn/c19-11-12-21-17-9-10-18(16-4-2-1-3-15(16)17)23-22-13-5-7-14(8-6-13)26(20,24)25;13-8-9-14-12-7-3-5-10-4-1-2-6-11(10)12;2*7-9-5-1-3-6(4-2-5)12(8,10)11;7-5-1-3-6(4-2-5)11(8,9)10;;;;;/h1-10,21H,11-12,19H2,(H2,20,24,25);1-7,14H,8-9,13H2;2*1-4H,(H2,8,10,11);1-4H,7H2,(H2,8,9,10);3*1H4;1H2;/q;;2*+1;;;;;;. The predicted molar refractivity (Wildman–Crippen MR) is 316 cm³/mol. The topological polar surface area (TPSA) is 455 Å². The monoisotopic (exact) mass is 1230 g/mol. The summed E-state index contributed by atoms with van der Waals surface area (Å²) in [5.41, 5.74) is 20.8. The summed E-state index contributed by atoms with van der Waals surface area (Å²) < 4.78 is 86.8. The predicted octanol–water partition coefficient (Wildman–Crippen LogP) is 8.12. The molecule has 0 bridgehead atoms. The summed E-state index contributed by atoms with van der Waals surface area (Å²) in [4.78, 5) is 5.82. The van der Waals surface area contributed by atoms with Crippen molar-refractivity contribution in [3.05, 3.63) is 186 Å². The van der Waals surface area contributed by atoms with Gasteiger partial charge in [0, 0.05) is 103 Å². The van der Waals surface area contributed by atoms with Crippen molar-refractivity contribution < 1.29 is 58.6 Å². The molecule has 8 aromatic carbocycles. The van der Waals surface area contributed by atoms with E-state index >= 15 is 0 Å². The molecule has 8 aromatic rings. The van der Waals surface area contributed by atoms with E-state index in [0.717, 1.165) is 34.4 Å². The first-order valence-electron chi connectivity index (χ1n) is 21.7. The first kappa shape index (κ1) is 74.3. The van der Waals surface area contributed by atoms with Gasteiger partial charge in [0.2, 0.25) is 50.9 Å². The quantitative estimate of drug-likeness (QED) is 0.0241. The van der Waals surface area contributed by atoms with Crippen molar-refractivity contribution in [2.75, 3.05) is 42.5 Å². The van der Waals surface area contributed by atoms with E-state index in [1.54, 1.807) is 12.1 Å². The Balaban J connectivity index is 0. The summed E-state index contributed by atoms with van der Waals surface area (Å²) in [5, 5.41) is 55.7. The molecule has 0 spiro atoms. The smallest absolute Gasteiger partial charge is 0.385 e. The van der Waals surface area contributed by atoms with Crippen LogP contribution in [-0.4, -0.2) is 65.3 Å². The first-order chi connectivity index (χ1) is 35.5. The second-order valence-electron chi connectivity index (χ2n) is 15.3. The molecule has 18 N–H and O–H groups in total. The molecule has 0 saturated carbocycles. The third-order valence-corrected chi connectivity index (χ3v) is 13.5. The number of fused-ring (bicyclic) bond motifs is 2. The van der Waals surface area contributed by atoms with E-state index in [9.17, 15) is 33.7 Å². The number of nitrogens with zero attached hydrogens (tertiary/aromatic N) is 6. The van der Waals surface area contributed by atoms with Crippen LogP contribution in [-0.2, 0) is 59.6 Å². The maximum absolute atomic E-state index is 11.3. The molecule has 0 aliphatic heterocycles. The minimum atomic E-state index is -3.72. The molecule has 0 radical (unpaired) electrons. The molecule has 0 amide bonds. The Morgan fingerprint density at radius 2 is 0.775 bits per heavy atom. The van der Waals surface area contributed by atoms with Gasteiger partial charge in [-0.15, -0.1) is 5.11 Å². The van der Waals surface area contributed by atoms with Gasteiger partial charge in [0.1, 0.15) is 0 Å². The summed E-state index contributed by atoms with van der Waals surface area (Å²) >= 11 is 0. The number of anilines is 3. The van der Waals surface area contributed by atoms with Gasteiger partial charge in [0.15, 0.2) is 9.95 Å². The number of benzene rings is 8. The van der Waals surface area contributed by atoms with Gasteiger partial charge in [-0.3, -0.25) is 0 Å². The van der Waals surface area contributed by atoms with Gasteiger partial charge in [-0.2, -0.15) is 5.11 Å². The second-order valence-corrected chi connectivity index (χ2v) is 21.5. The Labute approximate surface area is 480 Å². The van der Waals surface area contributed by atoms with Crippen molar-refractivity contribution in [3.63, 3.8) is 0 Å². The number of sulfonamides is 4. The number of nitrogens with two attached hydrogens (primary N) is 7. The largest absolute Gasteiger partial charge is 0.412 e. The Hall–Kier alpha value is -7.74. The van der Waals surface area contributed by atoms with E-state index in [2.05, 4.69) is 73.3 Å². The third kappa shape index (κ3) is 24.1. The minimum absolute atomic E-state index is 0. The van der Waals surface area contributed by atoms with Gasteiger partial charge >= 0.3 is 11.4 Å². The zero-order valence-corrected chi connectivity index (χ0v) is 47.1. The summed E-state index contributed by atoms with van der Waals surface area (Å²) in [7, 11) is -14.6. The summed E-state index contributed by atoms with van der Waals surface area (Å²) in [6.45, 7) is 2.70. The molecular weight excluding hydrogens is 1160 g/mol. The van der Waals surface area contributed by atoms with Crippen molar-refractivity contribution in [1.82, 2.24) is 0 Å². The number of hydrogen-bond acceptors (Lipinski definition) is 17. The van der Waals surface area contributed by atoms with Gasteiger partial charge in [-0.05, 0) is 96.4 Å². The molecule has 0 heterocycles. The molecule has 0 aromatic heterocycles. The molecule has 0 atom stereocenters. The van der Waals surface area contributed by atoms with E-state index in [1.807, 2.05) is 36.4 Å². The van der Waals surface area contributed by atoms with Crippen molar-refractivity contribution in [1.29, 1.82) is 10.8 Å². The van der Waals surface area contributed by atoms with Crippen molar-refractivity contribution >= 4 is 101 Å². The van der Waals surface area contributed by atoms with E-state index < -0.39 is 40.1 Å². The summed E-state index contributed by atoms with van der Waals surface area (Å²) in [6, 6.07) is 48.4. The number of rotatable bonds is 12. The Morgan fingerprint density at radius 3 is 1.18 bits per heavy atom. The Morgan fingerprint density at radius 1 is 0.425 bits per heavy atom. The number of azo groups is 1. The van der Waals surface area contributed by atoms with Gasteiger partial charge in [0.25, 0.3) is 0 Å². The SMILES string of the molecule is C.C.C.N#[N+]c1ccc(S(N)(=O)=O)cc1.N#[N+]c1ccc(S(N)(=O)=O)cc1.NCCNc1ccc(N=Nc2ccc(S(N)(=O)=O)cc2)c2ccccc12.NCCNc1cccc2ccccc12.Nc1ccc(S(N)(=O)=O)cc1.O.[Zn]. The van der Waals surface area contributed by atoms with Gasteiger partial charge < -0.3 is 33.3 Å². The van der Waals surface area contributed by atoms with E-state index in [-0.39, 0.29) is 78.2 Å². The van der Waals surface area contributed by atoms with Crippen LogP contribution in [0.25, 0.3) is 31.5 Å². The van der Waals surface area contributed by atoms with Crippen LogP contribution in [0, 0.1) is 10.8 Å². The average Bonchev–Trinajstić information content (AvgIpc) is 3.39. The number of nitrogen functional groups attached to an aromatic ring is 1. The number of nitrogens with one attached hydrogen (secondary N) is 2. The van der Waals surface area contributed by atoms with E-state index in [1.165, 1.54) is 95.7 Å². The number of diazo groups is 2. The fourth-order valence-corrected chi connectivity index (χ4v) is 8.26. The fourth-order valence-electron chi connectivity index (χ4n) is 6.19. The van der Waals surface area contributed by atoms with Crippen LogP contribution in [0.3, 0.4) is 0 Å². The van der Waals surface area contributed by atoms with Crippen molar-refractivity contribution in [2.24, 2.45) is 42.3 Å². The summed E-state index contributed by atoms with van der Waals surface area (Å²) in [5.74, 6) is 0. The molecule has 0 aliphatic carbocycles. The van der Waals surface area contributed by atoms with Crippen LogP contribution in [0.5, 0.6) is 0 Å². The molecule has 0 unspecified atom stereocenters. The zero-order valence-electron chi connectivity index (χ0n) is 40.9. The molecular formula is C51H67N15O9S4Zn+2. The van der Waals surface area contributed by atoms with Crippen molar-refractivity contribution in [3.8, 4) is 0 Å². The number of hydrogen-bond donors (Lipinski definition) is 9. The molecule has 0 saturated heterocycles. The molecule has 0 fully saturated rings. The van der Waals surface area contributed by atoms with E-state index in [4.69, 9.17) is 48.5 Å². The summed E-state index contributed by atoms with van der Waals surface area (Å²) in [6.07, 6.45) is 0. The molecule has 24 nitrogen and oxygen atoms in total. The van der Waals surface area contributed by atoms with Crippen molar-refractivity contribution in [2.45, 2.75) is 41.9 Å². The van der Waals surface area contributed by atoms with Gasteiger partial charge in [0.05, 0.1) is 31.0 Å². The van der Waals surface area contributed by atoms with Gasteiger partial charge in [-0.1, -0.05) is 82.9 Å². The average molecular weight is 1230 g/mol. The molecule has 29 heteroatoms. The first-order valence-corrected chi connectivity index (χ1v) is 27.9. The van der Waals surface area contributed by atoms with Crippen LogP contribution in [0.2, 0.25) is 0 Å². The molecule has 0 aliphatic rings. The maximum atomic E-state index is 11.3. The molecule has 424 valence electrons. The van der Waals surface area contributed by atoms with Crippen LogP contribution in [0.4, 0.5) is 39.8 Å². The van der Waals surface area contributed by atoms with Gasteiger partial charge in [-0.25, -0.2) is 54.2 Å². The molecule has 80 heavy (non-hydrogen) atoms. The second kappa shape index (κ2) is 35.0. The zero-order chi connectivity index (χ0) is 55.2. The Kier molecular flexibility index (Phi) is 32.5. The third-order valence-electron chi connectivity index (χ3n) is 9.82. The minimum Gasteiger partial charge on any atom is -0.412 e. The van der Waals surface area contributed by atoms with E-state index in [0.29, 0.717) is 31.0 Å². The molecule has 8 rings (SSSR count). The van der Waals surface area contributed by atoms with Crippen LogP contribution < -0.4 is 48.4 Å². The Bertz CT molecular complexity index is 3690. The maximum Gasteiger partial charge on any atom is 0.385 e. The van der Waals surface area contributed by atoms with Crippen LogP contribution in [0.1, 0.15) is 22.3 Å². The van der Waals surface area contributed by atoms with Crippen LogP contribution >= 0.6 is 0 Å². The fraction of sp³-hybridized carbons (Fsp3) is 0.137.